The first-order valence-electron chi connectivity index (χ1n) is 10.2. The van der Waals surface area contributed by atoms with Crippen molar-refractivity contribution in [3.8, 4) is 6.07 Å². The largest absolute Gasteiger partial charge is 0.371 e. The highest BCUT2D eigenvalue weighted by molar-refractivity contribution is 5.68. The fraction of sp³-hybridized carbons (Fsp3) is 0.333. The van der Waals surface area contributed by atoms with Crippen molar-refractivity contribution in [1.29, 1.82) is 5.26 Å². The van der Waals surface area contributed by atoms with Crippen LogP contribution in [0.2, 0.25) is 0 Å². The third-order valence-corrected chi connectivity index (χ3v) is 5.90. The second kappa shape index (κ2) is 8.09. The Bertz CT molecular complexity index is 1390. The van der Waals surface area contributed by atoms with Crippen molar-refractivity contribution < 1.29 is 13.3 Å². The van der Waals surface area contributed by atoms with E-state index >= 15 is 0 Å². The molecule has 33 heavy (non-hydrogen) atoms. The fourth-order valence-electron chi connectivity index (χ4n) is 4.05. The Kier molecular flexibility index (Phi) is 5.08. The molecule has 168 valence electrons. The highest BCUT2D eigenvalue weighted by Crippen LogP contribution is 2.46. The Balaban J connectivity index is 0.000000139. The molecule has 2 aliphatic rings. The lowest BCUT2D eigenvalue weighted by Crippen LogP contribution is -2.22. The van der Waals surface area contributed by atoms with Crippen LogP contribution in [0.25, 0.3) is 11.2 Å². The van der Waals surface area contributed by atoms with Crippen LogP contribution in [-0.4, -0.2) is 42.3 Å². The van der Waals surface area contributed by atoms with Gasteiger partial charge >= 0.3 is 0 Å². The lowest BCUT2D eigenvalue weighted by atomic mass is 10.2. The number of anilines is 1. The molecule has 0 radical (unpaired) electrons. The first-order valence-corrected chi connectivity index (χ1v) is 10.2. The normalized spacial score (nSPS) is 18.5. The third kappa shape index (κ3) is 3.93. The molecule has 10 nitrogen and oxygen atoms in total. The van der Waals surface area contributed by atoms with Gasteiger partial charge in [-0.15, -0.1) is 0 Å². The van der Waals surface area contributed by atoms with Crippen LogP contribution in [0.3, 0.4) is 0 Å². The molecule has 2 fully saturated rings. The van der Waals surface area contributed by atoms with Crippen molar-refractivity contribution in [2.24, 2.45) is 18.9 Å². The maximum atomic E-state index is 13.4. The number of piperidine rings is 1. The van der Waals surface area contributed by atoms with Crippen LogP contribution in [0.1, 0.15) is 17.9 Å². The molecule has 3 aromatic heterocycles. The zero-order valence-electron chi connectivity index (χ0n) is 17.5. The van der Waals surface area contributed by atoms with Gasteiger partial charge in [-0.1, -0.05) is 5.16 Å². The first kappa shape index (κ1) is 20.7. The van der Waals surface area contributed by atoms with E-state index in [9.17, 15) is 13.6 Å². The summed E-state index contributed by atoms with van der Waals surface area (Å²) in [5, 5.41) is 12.0. The molecule has 4 aromatic rings. The minimum atomic E-state index is -0.766. The highest BCUT2D eigenvalue weighted by atomic mass is 19.1. The standard InChI is InChI=1S/C12H10F2N2.C9H8N6O2/c13-11-2-9(3-12(14)10(11)4-15)16-5-7-1-8(7)6-16;1-14-4-11-8-7(14)9(16)15(5-12-8)2-6-10-3-13-17-6/h2-3,7-8H,1,5-6H2;3-5H,2H2,1H3. The molecule has 0 spiro atoms. The van der Waals surface area contributed by atoms with Crippen LogP contribution in [0, 0.1) is 34.8 Å². The van der Waals surface area contributed by atoms with Crippen LogP contribution >= 0.6 is 0 Å². The van der Waals surface area contributed by atoms with E-state index in [1.807, 2.05) is 4.90 Å². The summed E-state index contributed by atoms with van der Waals surface area (Å²) in [4.78, 5) is 26.0. The van der Waals surface area contributed by atoms with E-state index in [1.54, 1.807) is 17.9 Å². The van der Waals surface area contributed by atoms with E-state index in [0.29, 0.717) is 34.6 Å². The van der Waals surface area contributed by atoms with Gasteiger partial charge in [0.25, 0.3) is 5.56 Å². The summed E-state index contributed by atoms with van der Waals surface area (Å²) in [5.41, 5.74) is 0.758. The number of imidazole rings is 1. The number of hydrogen-bond donors (Lipinski definition) is 0. The number of rotatable bonds is 3. The monoisotopic (exact) mass is 452 g/mol. The van der Waals surface area contributed by atoms with Gasteiger partial charge in [0.1, 0.15) is 36.1 Å². The van der Waals surface area contributed by atoms with Gasteiger partial charge < -0.3 is 14.0 Å². The van der Waals surface area contributed by atoms with Gasteiger partial charge in [0.2, 0.25) is 5.89 Å². The molecule has 1 saturated carbocycles. The number of benzene rings is 1. The van der Waals surface area contributed by atoms with E-state index in [1.165, 1.54) is 41.8 Å². The van der Waals surface area contributed by atoms with Crippen LogP contribution < -0.4 is 10.5 Å². The molecule has 4 heterocycles. The minimum Gasteiger partial charge on any atom is -0.371 e. The molecular formula is C21H18F2N8O2. The van der Waals surface area contributed by atoms with Crippen molar-refractivity contribution in [3.05, 3.63) is 64.6 Å². The molecule has 2 unspecified atom stereocenters. The average Bonchev–Trinajstić information content (AvgIpc) is 3.19. The number of halogens is 2. The van der Waals surface area contributed by atoms with Crippen LogP contribution in [-0.2, 0) is 13.6 Å². The summed E-state index contributed by atoms with van der Waals surface area (Å²) in [7, 11) is 1.75. The second-order valence-corrected chi connectivity index (χ2v) is 8.10. The maximum absolute atomic E-state index is 13.4. The summed E-state index contributed by atoms with van der Waals surface area (Å²) >= 11 is 0. The summed E-state index contributed by atoms with van der Waals surface area (Å²) < 4.78 is 34.6. The number of hydrogen-bond acceptors (Lipinski definition) is 8. The van der Waals surface area contributed by atoms with Crippen LogP contribution in [0.4, 0.5) is 14.5 Å². The zero-order chi connectivity index (χ0) is 23.1. The van der Waals surface area contributed by atoms with Gasteiger partial charge in [0, 0.05) is 25.8 Å². The Morgan fingerprint density at radius 2 is 1.85 bits per heavy atom. The quantitative estimate of drug-likeness (QED) is 0.462. The van der Waals surface area contributed by atoms with Crippen molar-refractivity contribution in [3.63, 3.8) is 0 Å². The Morgan fingerprint density at radius 1 is 1.15 bits per heavy atom. The van der Waals surface area contributed by atoms with Crippen molar-refractivity contribution in [2.75, 3.05) is 18.0 Å². The summed E-state index contributed by atoms with van der Waals surface area (Å²) in [6, 6.07) is 4.04. The number of nitrogens with zero attached hydrogens (tertiary/aromatic N) is 8. The summed E-state index contributed by atoms with van der Waals surface area (Å²) in [6.07, 6.45) is 5.51. The Hall–Kier alpha value is -4.14. The lowest BCUT2D eigenvalue weighted by molar-refractivity contribution is 0.368. The molecule has 0 N–H and O–H groups in total. The molecule has 1 aliphatic carbocycles. The minimum absolute atomic E-state index is 0.187. The molecule has 1 saturated heterocycles. The lowest BCUT2D eigenvalue weighted by Gasteiger charge is -2.20. The molecule has 1 aromatic carbocycles. The van der Waals surface area contributed by atoms with Gasteiger partial charge in [0.15, 0.2) is 17.5 Å². The molecule has 0 amide bonds. The van der Waals surface area contributed by atoms with Gasteiger partial charge in [-0.2, -0.15) is 10.2 Å². The number of nitriles is 1. The molecular weight excluding hydrogens is 434 g/mol. The smallest absolute Gasteiger partial charge is 0.280 e. The molecule has 0 bridgehead atoms. The predicted octanol–water partition coefficient (Wildman–Crippen LogP) is 1.85. The number of fused-ring (bicyclic) bond motifs is 2. The van der Waals surface area contributed by atoms with E-state index in [2.05, 4.69) is 20.1 Å². The van der Waals surface area contributed by atoms with E-state index in [-0.39, 0.29) is 12.1 Å². The Labute approximate surface area is 185 Å². The van der Waals surface area contributed by atoms with Crippen molar-refractivity contribution >= 4 is 16.9 Å². The molecule has 6 rings (SSSR count). The van der Waals surface area contributed by atoms with Crippen LogP contribution in [0.15, 0.2) is 40.4 Å². The van der Waals surface area contributed by atoms with E-state index in [4.69, 9.17) is 9.78 Å². The van der Waals surface area contributed by atoms with Gasteiger partial charge in [-0.25, -0.2) is 18.7 Å². The third-order valence-electron chi connectivity index (χ3n) is 5.90. The second-order valence-electron chi connectivity index (χ2n) is 8.10. The van der Waals surface area contributed by atoms with Crippen LogP contribution in [0.5, 0.6) is 0 Å². The van der Waals surface area contributed by atoms with E-state index < -0.39 is 17.2 Å². The van der Waals surface area contributed by atoms with Gasteiger partial charge in [-0.3, -0.25) is 9.36 Å². The van der Waals surface area contributed by atoms with Crippen molar-refractivity contribution in [2.45, 2.75) is 13.0 Å². The average molecular weight is 452 g/mol. The predicted molar refractivity (Wildman–Crippen MR) is 111 cm³/mol. The van der Waals surface area contributed by atoms with Gasteiger partial charge in [-0.05, 0) is 30.4 Å². The fourth-order valence-corrected chi connectivity index (χ4v) is 4.05. The zero-order valence-corrected chi connectivity index (χ0v) is 17.5. The number of aromatic nitrogens is 6. The maximum Gasteiger partial charge on any atom is 0.280 e. The number of aryl methyl sites for hydroxylation is 1. The molecule has 2 atom stereocenters. The van der Waals surface area contributed by atoms with E-state index in [0.717, 1.165) is 13.1 Å². The van der Waals surface area contributed by atoms with Crippen molar-refractivity contribution in [1.82, 2.24) is 29.2 Å². The Morgan fingerprint density at radius 3 is 2.48 bits per heavy atom. The first-order chi connectivity index (χ1) is 15.9. The van der Waals surface area contributed by atoms with Gasteiger partial charge in [0.05, 0.1) is 6.33 Å². The molecule has 1 aliphatic heterocycles. The molecule has 12 heteroatoms. The summed E-state index contributed by atoms with van der Waals surface area (Å²) in [6.45, 7) is 1.97. The summed E-state index contributed by atoms with van der Waals surface area (Å²) in [5.74, 6) is 0.245. The highest BCUT2D eigenvalue weighted by Gasteiger charge is 2.45. The topological polar surface area (TPSA) is 119 Å². The SMILES string of the molecule is Cn1cnc2ncn(Cc3ncno3)c(=O)c21.N#Cc1c(F)cc(N2CC3CC3C2)cc1F.